The summed E-state index contributed by atoms with van der Waals surface area (Å²) in [4.78, 5) is 11.3. The highest BCUT2D eigenvalue weighted by atomic mass is 15.2. The summed E-state index contributed by atoms with van der Waals surface area (Å²) in [6, 6.07) is 10.5. The predicted molar refractivity (Wildman–Crippen MR) is 90.3 cm³/mol. The van der Waals surface area contributed by atoms with Gasteiger partial charge in [0.1, 0.15) is 5.84 Å². The van der Waals surface area contributed by atoms with E-state index in [2.05, 4.69) is 15.3 Å². The van der Waals surface area contributed by atoms with E-state index in [0.29, 0.717) is 6.04 Å². The molecule has 1 saturated carbocycles. The molecule has 1 fully saturated rings. The summed E-state index contributed by atoms with van der Waals surface area (Å²) in [7, 11) is 4.00. The summed E-state index contributed by atoms with van der Waals surface area (Å²) in [5.41, 5.74) is 0.936. The number of hydrogen-bond donors (Lipinski definition) is 1. The van der Waals surface area contributed by atoms with Gasteiger partial charge in [0.25, 0.3) is 0 Å². The number of para-hydroxylation sites is 1. The molecule has 0 heterocycles. The average Bonchev–Trinajstić information content (AvgIpc) is 2.49. The molecule has 4 heteroatoms. The predicted octanol–water partition coefficient (Wildman–Crippen LogP) is 3.58. The van der Waals surface area contributed by atoms with Crippen LogP contribution in [0.5, 0.6) is 0 Å². The summed E-state index contributed by atoms with van der Waals surface area (Å²) in [5, 5.41) is 3.53. The molecule has 1 aliphatic rings. The Kier molecular flexibility index (Phi) is 5.78. The van der Waals surface area contributed by atoms with E-state index in [0.717, 1.165) is 17.5 Å². The van der Waals surface area contributed by atoms with Crippen LogP contribution in [-0.2, 0) is 0 Å². The maximum Gasteiger partial charge on any atom is 0.225 e. The minimum atomic E-state index is 0.500. The van der Waals surface area contributed by atoms with Crippen LogP contribution in [0.15, 0.2) is 40.3 Å². The lowest BCUT2D eigenvalue weighted by Crippen LogP contribution is -2.36. The quantitative estimate of drug-likeness (QED) is 0.667. The van der Waals surface area contributed by atoms with Gasteiger partial charge in [-0.05, 0) is 31.9 Å². The van der Waals surface area contributed by atoms with Crippen molar-refractivity contribution in [1.29, 1.82) is 0 Å². The normalized spacial score (nSPS) is 17.7. The Bertz CT molecular complexity index is 485. The van der Waals surface area contributed by atoms with Crippen LogP contribution in [-0.4, -0.2) is 36.8 Å². The zero-order chi connectivity index (χ0) is 15.1. The number of benzene rings is 1. The summed E-state index contributed by atoms with van der Waals surface area (Å²) in [5.74, 6) is 1.67. The van der Waals surface area contributed by atoms with Gasteiger partial charge >= 0.3 is 0 Å². The van der Waals surface area contributed by atoms with Crippen LogP contribution in [0.2, 0.25) is 0 Å². The van der Waals surface area contributed by atoms with Crippen molar-refractivity contribution in [3.05, 3.63) is 30.3 Å². The monoisotopic (exact) mass is 286 g/mol. The number of guanidine groups is 1. The molecule has 4 nitrogen and oxygen atoms in total. The second-order valence-corrected chi connectivity index (χ2v) is 5.80. The molecule has 0 unspecified atom stereocenters. The van der Waals surface area contributed by atoms with E-state index < -0.39 is 0 Å². The number of nitrogens with zero attached hydrogens (tertiary/aromatic N) is 3. The van der Waals surface area contributed by atoms with Crippen LogP contribution in [0.4, 0.5) is 5.69 Å². The van der Waals surface area contributed by atoms with Crippen LogP contribution in [0.1, 0.15) is 39.0 Å². The maximum absolute atomic E-state index is 4.67. The van der Waals surface area contributed by atoms with E-state index in [1.807, 2.05) is 56.3 Å². The van der Waals surface area contributed by atoms with E-state index in [1.165, 1.54) is 32.1 Å². The summed E-state index contributed by atoms with van der Waals surface area (Å²) in [6.07, 6.45) is 6.37. The Balaban J connectivity index is 2.17. The third kappa shape index (κ3) is 5.21. The molecule has 0 amide bonds. The van der Waals surface area contributed by atoms with E-state index in [9.17, 15) is 0 Å². The molecular formula is C17H26N4. The minimum absolute atomic E-state index is 0.500. The summed E-state index contributed by atoms with van der Waals surface area (Å²) < 4.78 is 0. The Hall–Kier alpha value is -1.84. The lowest BCUT2D eigenvalue weighted by atomic mass is 9.96. The van der Waals surface area contributed by atoms with Crippen molar-refractivity contribution in [2.24, 2.45) is 9.98 Å². The van der Waals surface area contributed by atoms with Gasteiger partial charge in [-0.25, -0.2) is 9.98 Å². The van der Waals surface area contributed by atoms with Gasteiger partial charge in [0.15, 0.2) is 0 Å². The van der Waals surface area contributed by atoms with Crippen molar-refractivity contribution in [3.8, 4) is 0 Å². The molecule has 114 valence electrons. The number of amidine groups is 1. The molecule has 0 aliphatic heterocycles. The second-order valence-electron chi connectivity index (χ2n) is 5.80. The van der Waals surface area contributed by atoms with Crippen LogP contribution in [0.3, 0.4) is 0 Å². The SMILES string of the molecule is C/C(=N\C(=N/c1ccccc1)NC1CCCCC1)N(C)C. The molecule has 1 aromatic rings. The van der Waals surface area contributed by atoms with Crippen molar-refractivity contribution in [2.45, 2.75) is 45.1 Å². The number of aliphatic imine (C=N–C) groups is 2. The Labute approximate surface area is 128 Å². The Morgan fingerprint density at radius 2 is 1.76 bits per heavy atom. The third-order valence-corrected chi connectivity index (χ3v) is 3.84. The fraction of sp³-hybridized carbons (Fsp3) is 0.529. The fourth-order valence-corrected chi connectivity index (χ4v) is 2.40. The Morgan fingerprint density at radius 1 is 1.10 bits per heavy atom. The smallest absolute Gasteiger partial charge is 0.225 e. The fourth-order valence-electron chi connectivity index (χ4n) is 2.40. The minimum Gasteiger partial charge on any atom is -0.366 e. The van der Waals surface area contributed by atoms with Gasteiger partial charge in [-0.1, -0.05) is 37.5 Å². The molecule has 0 aromatic heterocycles. The molecule has 1 aliphatic carbocycles. The van der Waals surface area contributed by atoms with Gasteiger partial charge in [-0.15, -0.1) is 0 Å². The zero-order valence-corrected chi connectivity index (χ0v) is 13.3. The van der Waals surface area contributed by atoms with E-state index in [4.69, 9.17) is 0 Å². The molecule has 1 aromatic carbocycles. The van der Waals surface area contributed by atoms with Gasteiger partial charge in [0.2, 0.25) is 5.96 Å². The molecule has 0 atom stereocenters. The molecule has 0 saturated heterocycles. The van der Waals surface area contributed by atoms with Crippen LogP contribution >= 0.6 is 0 Å². The highest BCUT2D eigenvalue weighted by Crippen LogP contribution is 2.18. The highest BCUT2D eigenvalue weighted by molar-refractivity contribution is 5.95. The van der Waals surface area contributed by atoms with E-state index >= 15 is 0 Å². The van der Waals surface area contributed by atoms with Crippen LogP contribution in [0, 0.1) is 0 Å². The average molecular weight is 286 g/mol. The van der Waals surface area contributed by atoms with Crippen molar-refractivity contribution >= 4 is 17.5 Å². The van der Waals surface area contributed by atoms with Crippen molar-refractivity contribution in [1.82, 2.24) is 10.2 Å². The first-order valence-corrected chi connectivity index (χ1v) is 7.78. The third-order valence-electron chi connectivity index (χ3n) is 3.84. The van der Waals surface area contributed by atoms with E-state index in [-0.39, 0.29) is 0 Å². The zero-order valence-electron chi connectivity index (χ0n) is 13.3. The van der Waals surface area contributed by atoms with Crippen LogP contribution < -0.4 is 5.32 Å². The van der Waals surface area contributed by atoms with Gasteiger partial charge in [0.05, 0.1) is 5.69 Å². The summed E-state index contributed by atoms with van der Waals surface area (Å²) >= 11 is 0. The topological polar surface area (TPSA) is 40.0 Å². The Morgan fingerprint density at radius 3 is 2.38 bits per heavy atom. The molecule has 0 spiro atoms. The van der Waals surface area contributed by atoms with E-state index in [1.54, 1.807) is 0 Å². The molecule has 0 bridgehead atoms. The maximum atomic E-state index is 4.67. The number of nitrogens with one attached hydrogen (secondary N) is 1. The van der Waals surface area contributed by atoms with Gasteiger partial charge in [0, 0.05) is 20.1 Å². The highest BCUT2D eigenvalue weighted by Gasteiger charge is 2.14. The van der Waals surface area contributed by atoms with Gasteiger partial charge < -0.3 is 10.2 Å². The molecule has 21 heavy (non-hydrogen) atoms. The van der Waals surface area contributed by atoms with Crippen molar-refractivity contribution < 1.29 is 0 Å². The number of rotatable bonds is 2. The second kappa shape index (κ2) is 7.81. The number of hydrogen-bond acceptors (Lipinski definition) is 1. The molecule has 2 rings (SSSR count). The lowest BCUT2D eigenvalue weighted by Gasteiger charge is -2.23. The molecule has 1 N–H and O–H groups in total. The first-order chi connectivity index (χ1) is 10.1. The van der Waals surface area contributed by atoms with Gasteiger partial charge in [-0.3, -0.25) is 0 Å². The largest absolute Gasteiger partial charge is 0.366 e. The van der Waals surface area contributed by atoms with Gasteiger partial charge in [-0.2, -0.15) is 0 Å². The first-order valence-electron chi connectivity index (χ1n) is 7.78. The standard InChI is InChI=1S/C17H26N4/c1-14(21(2)3)18-17(19-15-10-6-4-7-11-15)20-16-12-8-5-9-13-16/h4,6-7,10-11,16H,5,8-9,12-13H2,1-3H3,(H,19,20)/b18-14+. The molecular weight excluding hydrogens is 260 g/mol. The summed E-state index contributed by atoms with van der Waals surface area (Å²) in [6.45, 7) is 2.00. The lowest BCUT2D eigenvalue weighted by molar-refractivity contribution is 0.412. The van der Waals surface area contributed by atoms with Crippen molar-refractivity contribution in [2.75, 3.05) is 14.1 Å². The molecule has 0 radical (unpaired) electrons. The van der Waals surface area contributed by atoms with Crippen LogP contribution in [0.25, 0.3) is 0 Å². The van der Waals surface area contributed by atoms with Crippen molar-refractivity contribution in [3.63, 3.8) is 0 Å². The first kappa shape index (κ1) is 15.5.